The van der Waals surface area contributed by atoms with Gasteiger partial charge in [-0.05, 0) is 41.4 Å². The van der Waals surface area contributed by atoms with Crippen LogP contribution in [-0.4, -0.2) is 17.6 Å². The quantitative estimate of drug-likeness (QED) is 0.633. The SMILES string of the molecule is CCOC(=O)Cc1cc(C(F)F)c(Br)nc1C. The standard InChI is InChI=1S/C11H12BrF2NO2/c1-3-17-9(16)5-7-4-8(11(13)14)10(12)15-6(7)2/h4,11H,3,5H2,1-2H3. The minimum atomic E-state index is -2.63. The summed E-state index contributed by atoms with van der Waals surface area (Å²) in [6, 6.07) is 1.29. The van der Waals surface area contributed by atoms with Crippen molar-refractivity contribution in [3.63, 3.8) is 0 Å². The highest BCUT2D eigenvalue weighted by atomic mass is 79.9. The van der Waals surface area contributed by atoms with E-state index in [1.54, 1.807) is 13.8 Å². The lowest BCUT2D eigenvalue weighted by atomic mass is 10.1. The number of alkyl halides is 2. The molecule has 94 valence electrons. The molecule has 0 aliphatic rings. The summed E-state index contributed by atoms with van der Waals surface area (Å²) in [6.07, 6.45) is -2.67. The third-order valence-corrected chi connectivity index (χ3v) is 2.81. The molecule has 1 aromatic heterocycles. The van der Waals surface area contributed by atoms with E-state index in [1.807, 2.05) is 0 Å². The summed E-state index contributed by atoms with van der Waals surface area (Å²) in [6.45, 7) is 3.62. The molecular formula is C11H12BrF2NO2. The first-order valence-electron chi connectivity index (χ1n) is 5.05. The maximum atomic E-state index is 12.6. The molecule has 0 saturated carbocycles. The Bertz CT molecular complexity index is 424. The summed E-state index contributed by atoms with van der Waals surface area (Å²) in [5.41, 5.74) is 0.783. The molecule has 0 aromatic carbocycles. The smallest absolute Gasteiger partial charge is 0.310 e. The molecule has 6 heteroatoms. The third-order valence-electron chi connectivity index (χ3n) is 2.17. The van der Waals surface area contributed by atoms with E-state index in [0.29, 0.717) is 11.3 Å². The van der Waals surface area contributed by atoms with Gasteiger partial charge < -0.3 is 4.74 Å². The summed E-state index contributed by atoms with van der Waals surface area (Å²) in [5.74, 6) is -0.445. The first kappa shape index (κ1) is 14.0. The van der Waals surface area contributed by atoms with Crippen LogP contribution in [0.15, 0.2) is 10.7 Å². The van der Waals surface area contributed by atoms with Crippen molar-refractivity contribution in [2.75, 3.05) is 6.61 Å². The lowest BCUT2D eigenvalue weighted by Gasteiger charge is -2.09. The molecule has 0 bridgehead atoms. The molecule has 0 amide bonds. The van der Waals surface area contributed by atoms with Gasteiger partial charge in [0.15, 0.2) is 0 Å². The number of esters is 1. The van der Waals surface area contributed by atoms with E-state index < -0.39 is 12.4 Å². The number of rotatable bonds is 4. The van der Waals surface area contributed by atoms with Gasteiger partial charge in [-0.1, -0.05) is 0 Å². The number of aryl methyl sites for hydroxylation is 1. The Kier molecular flexibility index (Phi) is 4.99. The molecule has 1 rings (SSSR count). The summed E-state index contributed by atoms with van der Waals surface area (Å²) in [4.78, 5) is 15.2. The van der Waals surface area contributed by atoms with Gasteiger partial charge in [-0.3, -0.25) is 4.79 Å². The molecule has 3 nitrogen and oxygen atoms in total. The topological polar surface area (TPSA) is 39.2 Å². The van der Waals surface area contributed by atoms with Crippen LogP contribution in [0.1, 0.15) is 30.2 Å². The van der Waals surface area contributed by atoms with Crippen LogP contribution in [0.4, 0.5) is 8.78 Å². The highest BCUT2D eigenvalue weighted by Crippen LogP contribution is 2.27. The van der Waals surface area contributed by atoms with Crippen LogP contribution < -0.4 is 0 Å². The van der Waals surface area contributed by atoms with Gasteiger partial charge in [0.25, 0.3) is 6.43 Å². The highest BCUT2D eigenvalue weighted by molar-refractivity contribution is 9.10. The first-order valence-corrected chi connectivity index (χ1v) is 5.84. The summed E-state index contributed by atoms with van der Waals surface area (Å²) in [7, 11) is 0. The van der Waals surface area contributed by atoms with Gasteiger partial charge in [-0.15, -0.1) is 0 Å². The second-order valence-corrected chi connectivity index (χ2v) is 4.15. The minimum Gasteiger partial charge on any atom is -0.466 e. The monoisotopic (exact) mass is 307 g/mol. The molecule has 0 fully saturated rings. The van der Waals surface area contributed by atoms with E-state index in [4.69, 9.17) is 4.74 Å². The van der Waals surface area contributed by atoms with Crippen LogP contribution in [0.25, 0.3) is 0 Å². The molecule has 0 unspecified atom stereocenters. The minimum absolute atomic E-state index is 0.0420. The summed E-state index contributed by atoms with van der Waals surface area (Å²) in [5, 5.41) is 0. The number of aromatic nitrogens is 1. The molecule has 0 aliphatic carbocycles. The molecule has 0 atom stereocenters. The largest absolute Gasteiger partial charge is 0.466 e. The lowest BCUT2D eigenvalue weighted by Crippen LogP contribution is -2.10. The van der Waals surface area contributed by atoms with Gasteiger partial charge in [-0.25, -0.2) is 13.8 Å². The summed E-state index contributed by atoms with van der Waals surface area (Å²) >= 11 is 2.97. The van der Waals surface area contributed by atoms with Gasteiger partial charge in [0, 0.05) is 5.69 Å². The number of ether oxygens (including phenoxy) is 1. The van der Waals surface area contributed by atoms with Gasteiger partial charge in [0.1, 0.15) is 4.60 Å². The number of carbonyl (C=O) groups excluding carboxylic acids is 1. The zero-order valence-corrected chi connectivity index (χ0v) is 11.1. The van der Waals surface area contributed by atoms with Crippen molar-refractivity contribution in [1.29, 1.82) is 0 Å². The Balaban J connectivity index is 2.99. The van der Waals surface area contributed by atoms with Crippen LogP contribution in [0, 0.1) is 6.92 Å². The summed E-state index contributed by atoms with van der Waals surface area (Å²) < 4.78 is 30.2. The molecule has 0 radical (unpaired) electrons. The van der Waals surface area contributed by atoms with Crippen LogP contribution in [0.3, 0.4) is 0 Å². The van der Waals surface area contributed by atoms with E-state index >= 15 is 0 Å². The Hall–Kier alpha value is -1.04. The number of hydrogen-bond donors (Lipinski definition) is 0. The third kappa shape index (κ3) is 3.73. The second-order valence-electron chi connectivity index (χ2n) is 3.40. The molecular weight excluding hydrogens is 296 g/mol. The number of nitrogens with zero attached hydrogens (tertiary/aromatic N) is 1. The van der Waals surface area contributed by atoms with E-state index in [2.05, 4.69) is 20.9 Å². The maximum Gasteiger partial charge on any atom is 0.310 e. The van der Waals surface area contributed by atoms with Crippen LogP contribution >= 0.6 is 15.9 Å². The molecule has 0 spiro atoms. The van der Waals surface area contributed by atoms with E-state index in [-0.39, 0.29) is 23.2 Å². The Morgan fingerprint density at radius 2 is 2.24 bits per heavy atom. The average Bonchev–Trinajstić information content (AvgIpc) is 2.21. The molecule has 0 N–H and O–H groups in total. The van der Waals surface area contributed by atoms with Gasteiger partial charge in [0.2, 0.25) is 0 Å². The molecule has 17 heavy (non-hydrogen) atoms. The van der Waals surface area contributed by atoms with Crippen LogP contribution in [0.2, 0.25) is 0 Å². The first-order chi connectivity index (χ1) is 7.95. The fourth-order valence-corrected chi connectivity index (χ4v) is 1.89. The van der Waals surface area contributed by atoms with Crippen molar-refractivity contribution in [2.24, 2.45) is 0 Å². The van der Waals surface area contributed by atoms with Crippen molar-refractivity contribution in [3.8, 4) is 0 Å². The zero-order valence-electron chi connectivity index (χ0n) is 9.47. The van der Waals surface area contributed by atoms with Gasteiger partial charge >= 0.3 is 5.97 Å². The number of hydrogen-bond acceptors (Lipinski definition) is 3. The van der Waals surface area contributed by atoms with Crippen molar-refractivity contribution in [2.45, 2.75) is 26.7 Å². The normalized spacial score (nSPS) is 10.7. The van der Waals surface area contributed by atoms with E-state index in [1.165, 1.54) is 6.07 Å². The van der Waals surface area contributed by atoms with E-state index in [0.717, 1.165) is 0 Å². The number of pyridine rings is 1. The molecule has 1 heterocycles. The Morgan fingerprint density at radius 1 is 1.59 bits per heavy atom. The zero-order chi connectivity index (χ0) is 13.0. The maximum absolute atomic E-state index is 12.6. The molecule has 0 aliphatic heterocycles. The van der Waals surface area contributed by atoms with Crippen molar-refractivity contribution in [1.82, 2.24) is 4.98 Å². The van der Waals surface area contributed by atoms with Gasteiger partial charge in [0.05, 0.1) is 18.6 Å². The van der Waals surface area contributed by atoms with Crippen LogP contribution in [0.5, 0.6) is 0 Å². The lowest BCUT2D eigenvalue weighted by molar-refractivity contribution is -0.142. The number of carbonyl (C=O) groups is 1. The average molecular weight is 308 g/mol. The van der Waals surface area contributed by atoms with E-state index in [9.17, 15) is 13.6 Å². The molecule has 1 aromatic rings. The number of halogens is 3. The Labute approximate surface area is 106 Å². The predicted molar refractivity (Wildman–Crippen MR) is 62.0 cm³/mol. The molecule has 0 saturated heterocycles. The highest BCUT2D eigenvalue weighted by Gasteiger charge is 2.17. The predicted octanol–water partition coefficient (Wildman–Crippen LogP) is 3.20. The van der Waals surface area contributed by atoms with Gasteiger partial charge in [-0.2, -0.15) is 0 Å². The van der Waals surface area contributed by atoms with Crippen molar-refractivity contribution in [3.05, 3.63) is 27.5 Å². The fraction of sp³-hybridized carbons (Fsp3) is 0.455. The Morgan fingerprint density at radius 3 is 2.76 bits per heavy atom. The fourth-order valence-electron chi connectivity index (χ4n) is 1.33. The van der Waals surface area contributed by atoms with Crippen LogP contribution in [-0.2, 0) is 16.0 Å². The second kappa shape index (κ2) is 6.05. The van der Waals surface area contributed by atoms with Crippen molar-refractivity contribution < 1.29 is 18.3 Å². The van der Waals surface area contributed by atoms with Crippen molar-refractivity contribution >= 4 is 21.9 Å².